The van der Waals surface area contributed by atoms with Gasteiger partial charge in [-0.2, -0.15) is 0 Å². The summed E-state index contributed by atoms with van der Waals surface area (Å²) >= 11 is 0. The van der Waals surface area contributed by atoms with E-state index >= 15 is 0 Å². The third-order valence-electron chi connectivity index (χ3n) is 3.18. The van der Waals surface area contributed by atoms with Gasteiger partial charge in [-0.05, 0) is 24.4 Å². The van der Waals surface area contributed by atoms with E-state index in [1.54, 1.807) is 0 Å². The first kappa shape index (κ1) is 16.2. The van der Waals surface area contributed by atoms with Crippen LogP contribution in [0.3, 0.4) is 0 Å². The van der Waals surface area contributed by atoms with Gasteiger partial charge >= 0.3 is 5.97 Å². The van der Waals surface area contributed by atoms with Crippen molar-refractivity contribution in [2.75, 3.05) is 6.54 Å². The highest BCUT2D eigenvalue weighted by Crippen LogP contribution is 2.17. The lowest BCUT2D eigenvalue weighted by Crippen LogP contribution is -2.30. The average Bonchev–Trinajstić information content (AvgIpc) is 2.44. The van der Waals surface area contributed by atoms with Gasteiger partial charge in [-0.1, -0.05) is 37.3 Å². The first-order chi connectivity index (χ1) is 9.52. The molecular formula is C15H22N2O3. The summed E-state index contributed by atoms with van der Waals surface area (Å²) in [5.74, 6) is -0.787. The molecule has 0 radical (unpaired) electrons. The molecule has 0 aliphatic rings. The Morgan fingerprint density at radius 1 is 1.30 bits per heavy atom. The van der Waals surface area contributed by atoms with Crippen LogP contribution in [0.1, 0.15) is 37.8 Å². The second-order valence-electron chi connectivity index (χ2n) is 5.01. The predicted molar refractivity (Wildman–Crippen MR) is 77.0 cm³/mol. The van der Waals surface area contributed by atoms with Gasteiger partial charge in [0.2, 0.25) is 5.91 Å². The Bertz CT molecular complexity index is 434. The predicted octanol–water partition coefficient (Wildman–Crippen LogP) is 1.69. The SMILES string of the molecule is CC(CN)CCC(=O)NC(CC(=O)O)c1ccccc1. The minimum Gasteiger partial charge on any atom is -0.481 e. The Morgan fingerprint density at radius 2 is 1.95 bits per heavy atom. The van der Waals surface area contributed by atoms with Crippen LogP contribution >= 0.6 is 0 Å². The van der Waals surface area contributed by atoms with Crippen LogP contribution in [0, 0.1) is 5.92 Å². The largest absolute Gasteiger partial charge is 0.481 e. The molecule has 0 aromatic heterocycles. The number of carbonyl (C=O) groups excluding carboxylic acids is 1. The van der Waals surface area contributed by atoms with E-state index in [9.17, 15) is 9.59 Å². The van der Waals surface area contributed by atoms with E-state index in [1.165, 1.54) is 0 Å². The van der Waals surface area contributed by atoms with E-state index in [0.29, 0.717) is 19.4 Å². The molecule has 1 aromatic carbocycles. The van der Waals surface area contributed by atoms with Crippen LogP contribution in [0.4, 0.5) is 0 Å². The standard InChI is InChI=1S/C15H22N2O3/c1-11(10-16)7-8-14(18)17-13(9-15(19)20)12-5-3-2-4-6-12/h2-6,11,13H,7-10,16H2,1H3,(H,17,18)(H,19,20). The van der Waals surface area contributed by atoms with Crippen LogP contribution in [0.25, 0.3) is 0 Å². The van der Waals surface area contributed by atoms with Crippen molar-refractivity contribution in [2.45, 2.75) is 32.2 Å². The minimum absolute atomic E-state index is 0.123. The molecule has 2 unspecified atom stereocenters. The number of carboxylic acid groups (broad SMARTS) is 1. The number of hydrogen-bond donors (Lipinski definition) is 3. The zero-order chi connectivity index (χ0) is 15.0. The van der Waals surface area contributed by atoms with E-state index in [0.717, 1.165) is 5.56 Å². The van der Waals surface area contributed by atoms with E-state index < -0.39 is 12.0 Å². The fraction of sp³-hybridized carbons (Fsp3) is 0.467. The summed E-state index contributed by atoms with van der Waals surface area (Å²) in [5, 5.41) is 11.7. The maximum absolute atomic E-state index is 11.9. The molecule has 1 amide bonds. The van der Waals surface area contributed by atoms with Gasteiger partial charge < -0.3 is 16.2 Å². The number of nitrogens with one attached hydrogen (secondary N) is 1. The lowest BCUT2D eigenvalue weighted by Gasteiger charge is -2.18. The van der Waals surface area contributed by atoms with E-state index in [4.69, 9.17) is 10.8 Å². The van der Waals surface area contributed by atoms with Gasteiger partial charge in [0.1, 0.15) is 0 Å². The highest BCUT2D eigenvalue weighted by atomic mass is 16.4. The van der Waals surface area contributed by atoms with Gasteiger partial charge in [0.05, 0.1) is 12.5 Å². The lowest BCUT2D eigenvalue weighted by molar-refractivity contribution is -0.137. The molecule has 20 heavy (non-hydrogen) atoms. The number of aliphatic carboxylic acids is 1. The molecule has 0 bridgehead atoms. The summed E-state index contributed by atoms with van der Waals surface area (Å²) < 4.78 is 0. The summed E-state index contributed by atoms with van der Waals surface area (Å²) in [6.45, 7) is 2.53. The highest BCUT2D eigenvalue weighted by molar-refractivity contribution is 5.77. The Labute approximate surface area is 119 Å². The normalized spacial score (nSPS) is 13.5. The lowest BCUT2D eigenvalue weighted by atomic mass is 10.0. The monoisotopic (exact) mass is 278 g/mol. The zero-order valence-electron chi connectivity index (χ0n) is 11.7. The maximum atomic E-state index is 11.9. The van der Waals surface area contributed by atoms with Crippen molar-refractivity contribution in [3.63, 3.8) is 0 Å². The fourth-order valence-electron chi connectivity index (χ4n) is 1.87. The zero-order valence-corrected chi connectivity index (χ0v) is 11.7. The van der Waals surface area contributed by atoms with Crippen molar-refractivity contribution in [2.24, 2.45) is 11.7 Å². The highest BCUT2D eigenvalue weighted by Gasteiger charge is 2.18. The third-order valence-corrected chi connectivity index (χ3v) is 3.18. The average molecular weight is 278 g/mol. The summed E-state index contributed by atoms with van der Waals surface area (Å²) in [5.41, 5.74) is 6.31. The topological polar surface area (TPSA) is 92.4 Å². The van der Waals surface area contributed by atoms with Crippen molar-refractivity contribution < 1.29 is 14.7 Å². The molecule has 1 aromatic rings. The number of carboxylic acids is 1. The van der Waals surface area contributed by atoms with Crippen molar-refractivity contribution in [1.29, 1.82) is 0 Å². The first-order valence-electron chi connectivity index (χ1n) is 6.79. The van der Waals surface area contributed by atoms with Crippen LogP contribution in [-0.4, -0.2) is 23.5 Å². The molecular weight excluding hydrogens is 256 g/mol. The van der Waals surface area contributed by atoms with Crippen molar-refractivity contribution in [3.05, 3.63) is 35.9 Å². The van der Waals surface area contributed by atoms with Gasteiger partial charge in [0, 0.05) is 6.42 Å². The second-order valence-corrected chi connectivity index (χ2v) is 5.01. The number of nitrogens with two attached hydrogens (primary N) is 1. The van der Waals surface area contributed by atoms with Gasteiger partial charge in [0.25, 0.3) is 0 Å². The van der Waals surface area contributed by atoms with Gasteiger partial charge in [-0.25, -0.2) is 0 Å². The molecule has 0 aliphatic carbocycles. The maximum Gasteiger partial charge on any atom is 0.305 e. The Kier molecular flexibility index (Phi) is 6.73. The van der Waals surface area contributed by atoms with Crippen molar-refractivity contribution >= 4 is 11.9 Å². The third kappa shape index (κ3) is 5.84. The van der Waals surface area contributed by atoms with Crippen LogP contribution in [0.2, 0.25) is 0 Å². The first-order valence-corrected chi connectivity index (χ1v) is 6.79. The number of amides is 1. The second kappa shape index (κ2) is 8.32. The molecule has 110 valence electrons. The van der Waals surface area contributed by atoms with E-state index in [-0.39, 0.29) is 18.2 Å². The molecule has 0 spiro atoms. The van der Waals surface area contributed by atoms with Crippen LogP contribution < -0.4 is 11.1 Å². The fourth-order valence-corrected chi connectivity index (χ4v) is 1.87. The Balaban J connectivity index is 2.61. The molecule has 0 fully saturated rings. The number of carbonyl (C=O) groups is 2. The molecule has 1 rings (SSSR count). The summed E-state index contributed by atoms with van der Waals surface area (Å²) in [4.78, 5) is 22.8. The molecule has 0 heterocycles. The Hall–Kier alpha value is -1.88. The molecule has 2 atom stereocenters. The van der Waals surface area contributed by atoms with Crippen LogP contribution in [0.15, 0.2) is 30.3 Å². The Morgan fingerprint density at radius 3 is 2.50 bits per heavy atom. The number of benzene rings is 1. The smallest absolute Gasteiger partial charge is 0.305 e. The summed E-state index contributed by atoms with van der Waals surface area (Å²) in [7, 11) is 0. The minimum atomic E-state index is -0.936. The summed E-state index contributed by atoms with van der Waals surface area (Å²) in [6.07, 6.45) is 0.945. The summed E-state index contributed by atoms with van der Waals surface area (Å²) in [6, 6.07) is 8.65. The van der Waals surface area contributed by atoms with Crippen molar-refractivity contribution in [1.82, 2.24) is 5.32 Å². The van der Waals surface area contributed by atoms with E-state index in [2.05, 4.69) is 5.32 Å². The molecule has 5 heteroatoms. The molecule has 0 saturated carbocycles. The van der Waals surface area contributed by atoms with Gasteiger partial charge in [-0.3, -0.25) is 9.59 Å². The van der Waals surface area contributed by atoms with Crippen molar-refractivity contribution in [3.8, 4) is 0 Å². The van der Waals surface area contributed by atoms with Crippen LogP contribution in [-0.2, 0) is 9.59 Å². The van der Waals surface area contributed by atoms with Gasteiger partial charge in [-0.15, -0.1) is 0 Å². The molecule has 5 nitrogen and oxygen atoms in total. The molecule has 0 saturated heterocycles. The molecule has 0 aliphatic heterocycles. The van der Waals surface area contributed by atoms with Gasteiger partial charge in [0.15, 0.2) is 0 Å². The quantitative estimate of drug-likeness (QED) is 0.674. The number of hydrogen-bond acceptors (Lipinski definition) is 3. The number of rotatable bonds is 8. The molecule has 4 N–H and O–H groups in total. The van der Waals surface area contributed by atoms with Crippen LogP contribution in [0.5, 0.6) is 0 Å². The van der Waals surface area contributed by atoms with E-state index in [1.807, 2.05) is 37.3 Å².